The van der Waals surface area contributed by atoms with Crippen molar-refractivity contribution in [1.82, 2.24) is 4.98 Å². The number of carboxylic acid groups (broad SMARTS) is 1. The van der Waals surface area contributed by atoms with Crippen LogP contribution in [0.1, 0.15) is 48.8 Å². The maximum absolute atomic E-state index is 12.3. The summed E-state index contributed by atoms with van der Waals surface area (Å²) in [5.41, 5.74) is 4.39. The normalized spacial score (nSPS) is 16.4. The van der Waals surface area contributed by atoms with Gasteiger partial charge in [0.05, 0.1) is 0 Å². The van der Waals surface area contributed by atoms with Crippen LogP contribution in [0, 0.1) is 5.92 Å². The number of benzene rings is 1. The van der Waals surface area contributed by atoms with E-state index in [4.69, 9.17) is 4.98 Å². The lowest BCUT2D eigenvalue weighted by Gasteiger charge is -2.29. The highest BCUT2D eigenvalue weighted by Gasteiger charge is 2.29. The summed E-state index contributed by atoms with van der Waals surface area (Å²) in [4.78, 5) is 19.1. The van der Waals surface area contributed by atoms with E-state index in [-0.39, 0.29) is 0 Å². The van der Waals surface area contributed by atoms with Gasteiger partial charge in [0.2, 0.25) is 0 Å². The highest BCUT2D eigenvalue weighted by atomic mass is 16.4. The van der Waals surface area contributed by atoms with Crippen molar-refractivity contribution in [3.63, 3.8) is 0 Å². The molecule has 0 saturated heterocycles. The van der Waals surface area contributed by atoms with E-state index in [1.807, 2.05) is 49.1 Å². The maximum atomic E-state index is 12.3. The van der Waals surface area contributed by atoms with Gasteiger partial charge in [0, 0.05) is 24.3 Å². The zero-order valence-corrected chi connectivity index (χ0v) is 15.2. The number of nitrogens with zero attached hydrogens (tertiary/aromatic N) is 2. The van der Waals surface area contributed by atoms with Crippen LogP contribution < -0.4 is 4.90 Å². The molecule has 1 aromatic heterocycles. The maximum Gasteiger partial charge on any atom is 0.340 e. The first-order valence-electron chi connectivity index (χ1n) is 9.16. The van der Waals surface area contributed by atoms with Gasteiger partial charge in [-0.1, -0.05) is 37.3 Å². The van der Waals surface area contributed by atoms with Gasteiger partial charge in [-0.3, -0.25) is 0 Å². The Kier molecular flexibility index (Phi) is 5.07. The quantitative estimate of drug-likeness (QED) is 0.877. The Morgan fingerprint density at radius 2 is 1.92 bits per heavy atom. The van der Waals surface area contributed by atoms with Crippen LogP contribution in [-0.4, -0.2) is 29.1 Å². The molecule has 0 bridgehead atoms. The topological polar surface area (TPSA) is 53.4 Å². The molecule has 1 aliphatic rings. The van der Waals surface area contributed by atoms with Gasteiger partial charge in [0.25, 0.3) is 0 Å². The lowest BCUT2D eigenvalue weighted by atomic mass is 9.82. The van der Waals surface area contributed by atoms with E-state index in [9.17, 15) is 9.90 Å². The van der Waals surface area contributed by atoms with E-state index in [0.29, 0.717) is 17.3 Å². The first-order valence-corrected chi connectivity index (χ1v) is 9.16. The number of carboxylic acids is 1. The molecule has 1 atom stereocenters. The zero-order chi connectivity index (χ0) is 18.0. The number of anilines is 1. The summed E-state index contributed by atoms with van der Waals surface area (Å²) in [6.07, 6.45) is 2.92. The molecule has 1 aliphatic carbocycles. The van der Waals surface area contributed by atoms with Crippen LogP contribution in [0.5, 0.6) is 0 Å². The summed E-state index contributed by atoms with van der Waals surface area (Å²) < 4.78 is 0. The number of aromatic carboxylic acids is 1. The Bertz CT molecular complexity index is 767. The van der Waals surface area contributed by atoms with Gasteiger partial charge >= 0.3 is 5.97 Å². The smallest absolute Gasteiger partial charge is 0.340 e. The molecule has 1 unspecified atom stereocenters. The van der Waals surface area contributed by atoms with Crippen molar-refractivity contribution in [2.75, 3.05) is 18.0 Å². The molecule has 25 heavy (non-hydrogen) atoms. The molecule has 4 heteroatoms. The van der Waals surface area contributed by atoms with E-state index < -0.39 is 5.97 Å². The van der Waals surface area contributed by atoms with E-state index >= 15 is 0 Å². The standard InChI is InChI=1S/C21H26N2O2/c1-4-23(5-2)20-19(21(24)25)18(15-9-7-6-8-10-15)16-13-14(3)11-12-17(16)22-20/h6-10,14H,4-5,11-13H2,1-3H3,(H,24,25). The second-order valence-electron chi connectivity index (χ2n) is 6.80. The van der Waals surface area contributed by atoms with E-state index in [1.54, 1.807) is 0 Å². The van der Waals surface area contributed by atoms with E-state index in [2.05, 4.69) is 6.92 Å². The Morgan fingerprint density at radius 1 is 1.24 bits per heavy atom. The number of hydrogen-bond donors (Lipinski definition) is 1. The Balaban J connectivity index is 2.35. The molecule has 132 valence electrons. The molecule has 0 fully saturated rings. The van der Waals surface area contributed by atoms with Gasteiger partial charge < -0.3 is 10.0 Å². The van der Waals surface area contributed by atoms with Gasteiger partial charge in [-0.2, -0.15) is 0 Å². The second kappa shape index (κ2) is 7.26. The fraction of sp³-hybridized carbons (Fsp3) is 0.429. The SMILES string of the molecule is CCN(CC)c1nc2c(c(-c3ccccc3)c1C(=O)O)CC(C)CC2. The lowest BCUT2D eigenvalue weighted by Crippen LogP contribution is -2.28. The summed E-state index contributed by atoms with van der Waals surface area (Å²) in [5, 5.41) is 10.0. The van der Waals surface area contributed by atoms with Crippen LogP contribution in [0.3, 0.4) is 0 Å². The average molecular weight is 338 g/mol. The fourth-order valence-electron chi connectivity index (χ4n) is 3.80. The summed E-state index contributed by atoms with van der Waals surface area (Å²) in [6.45, 7) is 7.80. The van der Waals surface area contributed by atoms with Gasteiger partial charge in [-0.25, -0.2) is 9.78 Å². The van der Waals surface area contributed by atoms with Crippen molar-refractivity contribution >= 4 is 11.8 Å². The van der Waals surface area contributed by atoms with Crippen LogP contribution >= 0.6 is 0 Å². The molecular formula is C21H26N2O2. The molecule has 1 aromatic carbocycles. The monoisotopic (exact) mass is 338 g/mol. The van der Waals surface area contributed by atoms with Crippen LogP contribution in [-0.2, 0) is 12.8 Å². The highest BCUT2D eigenvalue weighted by Crippen LogP contribution is 2.39. The zero-order valence-electron chi connectivity index (χ0n) is 15.2. The van der Waals surface area contributed by atoms with Crippen LogP contribution in [0.4, 0.5) is 5.82 Å². The minimum Gasteiger partial charge on any atom is -0.478 e. The molecule has 0 radical (unpaired) electrons. The molecule has 2 aromatic rings. The number of aryl methyl sites for hydroxylation is 1. The number of hydrogen-bond acceptors (Lipinski definition) is 3. The van der Waals surface area contributed by atoms with E-state index in [1.165, 1.54) is 0 Å². The van der Waals surface area contributed by atoms with Crippen LogP contribution in [0.2, 0.25) is 0 Å². The third kappa shape index (κ3) is 3.26. The molecule has 1 heterocycles. The average Bonchev–Trinajstić information content (AvgIpc) is 2.62. The number of aromatic nitrogens is 1. The van der Waals surface area contributed by atoms with Gasteiger partial charge in [0.1, 0.15) is 11.4 Å². The second-order valence-corrected chi connectivity index (χ2v) is 6.80. The van der Waals surface area contributed by atoms with Gasteiger partial charge in [0.15, 0.2) is 0 Å². The minimum absolute atomic E-state index is 0.350. The predicted octanol–water partition coefficient (Wildman–Crippen LogP) is 4.42. The number of carbonyl (C=O) groups is 1. The van der Waals surface area contributed by atoms with Crippen molar-refractivity contribution in [1.29, 1.82) is 0 Å². The highest BCUT2D eigenvalue weighted by molar-refractivity contribution is 6.02. The largest absolute Gasteiger partial charge is 0.478 e. The molecule has 3 rings (SSSR count). The molecule has 1 N–H and O–H groups in total. The fourth-order valence-corrected chi connectivity index (χ4v) is 3.80. The Morgan fingerprint density at radius 3 is 2.52 bits per heavy atom. The Hall–Kier alpha value is -2.36. The number of rotatable bonds is 5. The molecule has 0 amide bonds. The third-order valence-electron chi connectivity index (χ3n) is 5.13. The van der Waals surface area contributed by atoms with E-state index in [0.717, 1.165) is 54.7 Å². The van der Waals surface area contributed by atoms with Crippen LogP contribution in [0.25, 0.3) is 11.1 Å². The number of pyridine rings is 1. The molecule has 0 aliphatic heterocycles. The summed E-state index contributed by atoms with van der Waals surface area (Å²) in [5.74, 6) is 0.275. The van der Waals surface area contributed by atoms with Crippen molar-refractivity contribution in [2.45, 2.75) is 40.0 Å². The summed E-state index contributed by atoms with van der Waals surface area (Å²) in [6, 6.07) is 9.92. The minimum atomic E-state index is -0.894. The number of fused-ring (bicyclic) bond motifs is 1. The van der Waals surface area contributed by atoms with Crippen molar-refractivity contribution in [3.05, 3.63) is 47.2 Å². The molecule has 0 saturated carbocycles. The predicted molar refractivity (Wildman–Crippen MR) is 101 cm³/mol. The van der Waals surface area contributed by atoms with Crippen molar-refractivity contribution < 1.29 is 9.90 Å². The lowest BCUT2D eigenvalue weighted by molar-refractivity contribution is 0.0698. The first kappa shape index (κ1) is 17.5. The molecule has 0 spiro atoms. The van der Waals surface area contributed by atoms with Crippen molar-refractivity contribution in [3.8, 4) is 11.1 Å². The van der Waals surface area contributed by atoms with Gasteiger partial charge in [-0.05, 0) is 50.2 Å². The summed E-state index contributed by atoms with van der Waals surface area (Å²) >= 11 is 0. The molecule has 4 nitrogen and oxygen atoms in total. The Labute approximate surface area is 149 Å². The third-order valence-corrected chi connectivity index (χ3v) is 5.13. The molecular weight excluding hydrogens is 312 g/mol. The van der Waals surface area contributed by atoms with Crippen molar-refractivity contribution in [2.24, 2.45) is 5.92 Å². The summed E-state index contributed by atoms with van der Waals surface area (Å²) in [7, 11) is 0. The van der Waals surface area contributed by atoms with Gasteiger partial charge in [-0.15, -0.1) is 0 Å². The first-order chi connectivity index (χ1) is 12.1. The van der Waals surface area contributed by atoms with Crippen LogP contribution in [0.15, 0.2) is 30.3 Å².